The third kappa shape index (κ3) is 3.16. The summed E-state index contributed by atoms with van der Waals surface area (Å²) < 4.78 is 11.6. The summed E-state index contributed by atoms with van der Waals surface area (Å²) in [6.45, 7) is 10.9. The molecule has 2 aliphatic rings. The van der Waals surface area contributed by atoms with E-state index < -0.39 is 8.38 Å². The molecule has 2 fully saturated rings. The summed E-state index contributed by atoms with van der Waals surface area (Å²) in [5.41, 5.74) is 0.972. The molecule has 16 heavy (non-hydrogen) atoms. The van der Waals surface area contributed by atoms with Crippen LogP contribution in [0.15, 0.2) is 0 Å². The number of hydrogen-bond donors (Lipinski definition) is 1. The molecule has 0 saturated carbocycles. The van der Waals surface area contributed by atoms with Crippen molar-refractivity contribution in [1.29, 1.82) is 0 Å². The summed E-state index contributed by atoms with van der Waals surface area (Å²) in [4.78, 5) is 0. The van der Waals surface area contributed by atoms with Crippen LogP contribution in [-0.2, 0) is 9.05 Å². The van der Waals surface area contributed by atoms with Gasteiger partial charge < -0.3 is 14.4 Å². The first-order valence-electron chi connectivity index (χ1n) is 6.22. The maximum Gasteiger partial charge on any atom is 0.173 e. The molecule has 3 nitrogen and oxygen atoms in total. The normalized spacial score (nSPS) is 31.5. The highest BCUT2D eigenvalue weighted by molar-refractivity contribution is 7.48. The van der Waals surface area contributed by atoms with Gasteiger partial charge in [-0.3, -0.25) is 0 Å². The van der Waals surface area contributed by atoms with Gasteiger partial charge in [0.25, 0.3) is 0 Å². The molecule has 4 heteroatoms. The van der Waals surface area contributed by atoms with E-state index in [4.69, 9.17) is 9.05 Å². The average Bonchev–Trinajstić information content (AvgIpc) is 2.14. The standard InChI is InChI=1S/C12H24NO2P/c1-11(2)8-10(9-12(3,4)13-11)16-14-6-5-7-15-16/h10,13H,5-9H2,1-4H3. The Labute approximate surface area is 100 Å². The lowest BCUT2D eigenvalue weighted by atomic mass is 9.82. The van der Waals surface area contributed by atoms with Crippen LogP contribution in [0.1, 0.15) is 47.0 Å². The van der Waals surface area contributed by atoms with Crippen LogP contribution in [0.5, 0.6) is 0 Å². The minimum absolute atomic E-state index is 0.193. The van der Waals surface area contributed by atoms with Crippen LogP contribution in [0, 0.1) is 0 Å². The van der Waals surface area contributed by atoms with E-state index in [0.29, 0.717) is 5.66 Å². The minimum Gasteiger partial charge on any atom is -0.334 e. The van der Waals surface area contributed by atoms with Gasteiger partial charge in [0.15, 0.2) is 8.38 Å². The van der Waals surface area contributed by atoms with Gasteiger partial charge in [0.1, 0.15) is 0 Å². The topological polar surface area (TPSA) is 30.5 Å². The zero-order valence-electron chi connectivity index (χ0n) is 10.9. The molecular formula is C12H24NO2P. The molecule has 0 aromatic rings. The van der Waals surface area contributed by atoms with Crippen molar-refractivity contribution in [3.05, 3.63) is 0 Å². The molecule has 0 aromatic heterocycles. The van der Waals surface area contributed by atoms with Crippen LogP contribution in [0.2, 0.25) is 0 Å². The highest BCUT2D eigenvalue weighted by Crippen LogP contribution is 2.53. The molecule has 2 saturated heterocycles. The van der Waals surface area contributed by atoms with Gasteiger partial charge in [-0.25, -0.2) is 0 Å². The van der Waals surface area contributed by atoms with Crippen molar-refractivity contribution in [2.24, 2.45) is 0 Å². The first-order valence-corrected chi connectivity index (χ1v) is 7.47. The Bertz CT molecular complexity index is 233. The third-order valence-electron chi connectivity index (χ3n) is 3.19. The first kappa shape index (κ1) is 12.8. The van der Waals surface area contributed by atoms with E-state index in [2.05, 4.69) is 33.0 Å². The van der Waals surface area contributed by atoms with Crippen LogP contribution in [0.3, 0.4) is 0 Å². The van der Waals surface area contributed by atoms with Crippen molar-refractivity contribution in [2.75, 3.05) is 13.2 Å². The average molecular weight is 245 g/mol. The lowest BCUT2D eigenvalue weighted by Gasteiger charge is -2.48. The Hall–Kier alpha value is 0.310. The maximum absolute atomic E-state index is 5.82. The Morgan fingerprint density at radius 3 is 2.00 bits per heavy atom. The fourth-order valence-corrected chi connectivity index (χ4v) is 5.36. The number of nitrogens with one attached hydrogen (secondary N) is 1. The smallest absolute Gasteiger partial charge is 0.173 e. The molecule has 0 aliphatic carbocycles. The molecule has 0 bridgehead atoms. The van der Waals surface area contributed by atoms with E-state index in [1.165, 1.54) is 0 Å². The van der Waals surface area contributed by atoms with Crippen molar-refractivity contribution in [2.45, 2.75) is 63.7 Å². The van der Waals surface area contributed by atoms with Gasteiger partial charge in [-0.2, -0.15) is 0 Å². The predicted molar refractivity (Wildman–Crippen MR) is 67.8 cm³/mol. The lowest BCUT2D eigenvalue weighted by Crippen LogP contribution is -2.59. The predicted octanol–water partition coefficient (Wildman–Crippen LogP) is 3.04. The maximum atomic E-state index is 5.82. The molecule has 0 atom stereocenters. The minimum atomic E-state index is -0.647. The fourth-order valence-electron chi connectivity index (χ4n) is 3.03. The van der Waals surface area contributed by atoms with Gasteiger partial charge in [0, 0.05) is 16.7 Å². The molecule has 94 valence electrons. The van der Waals surface area contributed by atoms with E-state index in [1.807, 2.05) is 0 Å². The van der Waals surface area contributed by atoms with E-state index in [1.54, 1.807) is 0 Å². The summed E-state index contributed by atoms with van der Waals surface area (Å²) in [5, 5.41) is 3.70. The van der Waals surface area contributed by atoms with Crippen LogP contribution >= 0.6 is 8.38 Å². The summed E-state index contributed by atoms with van der Waals surface area (Å²) in [5.74, 6) is 0. The van der Waals surface area contributed by atoms with Crippen molar-refractivity contribution < 1.29 is 9.05 Å². The molecule has 0 aromatic carbocycles. The third-order valence-corrected chi connectivity index (χ3v) is 5.03. The second-order valence-corrected chi connectivity index (χ2v) is 8.08. The second-order valence-electron chi connectivity index (χ2n) is 6.26. The van der Waals surface area contributed by atoms with Crippen LogP contribution in [0.25, 0.3) is 0 Å². The summed E-state index contributed by atoms with van der Waals surface area (Å²) >= 11 is 0. The van der Waals surface area contributed by atoms with Gasteiger partial charge >= 0.3 is 0 Å². The molecule has 0 amide bonds. The summed E-state index contributed by atoms with van der Waals surface area (Å²) in [6, 6.07) is 0. The van der Waals surface area contributed by atoms with Crippen molar-refractivity contribution in [3.63, 3.8) is 0 Å². The van der Waals surface area contributed by atoms with Gasteiger partial charge in [0.2, 0.25) is 0 Å². The molecule has 2 heterocycles. The molecule has 0 radical (unpaired) electrons. The van der Waals surface area contributed by atoms with E-state index in [0.717, 1.165) is 32.5 Å². The molecule has 2 aliphatic heterocycles. The Morgan fingerprint density at radius 2 is 1.50 bits per heavy atom. The Kier molecular flexibility index (Phi) is 3.61. The zero-order chi connectivity index (χ0) is 11.8. The number of hydrogen-bond acceptors (Lipinski definition) is 3. The van der Waals surface area contributed by atoms with Gasteiger partial charge in [-0.1, -0.05) is 0 Å². The SMILES string of the molecule is CC1(C)CC(P2OCCCO2)CC(C)(C)N1. The molecule has 1 N–H and O–H groups in total. The van der Waals surface area contributed by atoms with E-state index in [9.17, 15) is 0 Å². The lowest BCUT2D eigenvalue weighted by molar-refractivity contribution is 0.142. The van der Waals surface area contributed by atoms with Crippen molar-refractivity contribution in [3.8, 4) is 0 Å². The van der Waals surface area contributed by atoms with Crippen molar-refractivity contribution >= 4 is 8.38 Å². The summed E-state index contributed by atoms with van der Waals surface area (Å²) in [6.07, 6.45) is 3.36. The first-order chi connectivity index (χ1) is 7.38. The van der Waals surface area contributed by atoms with Gasteiger partial charge in [-0.15, -0.1) is 0 Å². The van der Waals surface area contributed by atoms with Crippen LogP contribution in [0.4, 0.5) is 0 Å². The Morgan fingerprint density at radius 1 is 1.00 bits per heavy atom. The largest absolute Gasteiger partial charge is 0.334 e. The molecule has 2 rings (SSSR count). The van der Waals surface area contributed by atoms with Gasteiger partial charge in [0.05, 0.1) is 13.2 Å². The highest BCUT2D eigenvalue weighted by atomic mass is 31.2. The molecule has 0 unspecified atom stereocenters. The molecule has 0 spiro atoms. The van der Waals surface area contributed by atoms with Gasteiger partial charge in [-0.05, 0) is 47.0 Å². The zero-order valence-corrected chi connectivity index (χ0v) is 11.8. The van der Waals surface area contributed by atoms with E-state index in [-0.39, 0.29) is 11.1 Å². The highest BCUT2D eigenvalue weighted by Gasteiger charge is 2.42. The fraction of sp³-hybridized carbons (Fsp3) is 1.00. The second kappa shape index (κ2) is 4.53. The molecular weight excluding hydrogens is 221 g/mol. The number of rotatable bonds is 1. The summed E-state index contributed by atoms with van der Waals surface area (Å²) in [7, 11) is -0.647. The Balaban J connectivity index is 2.03. The monoisotopic (exact) mass is 245 g/mol. The van der Waals surface area contributed by atoms with Crippen LogP contribution in [-0.4, -0.2) is 30.0 Å². The van der Waals surface area contributed by atoms with Crippen LogP contribution < -0.4 is 5.32 Å². The number of piperidine rings is 1. The quantitative estimate of drug-likeness (QED) is 0.720. The van der Waals surface area contributed by atoms with E-state index >= 15 is 0 Å². The van der Waals surface area contributed by atoms with Crippen molar-refractivity contribution in [1.82, 2.24) is 5.32 Å².